The van der Waals surface area contributed by atoms with Gasteiger partial charge in [-0.05, 0) is 37.1 Å². The summed E-state index contributed by atoms with van der Waals surface area (Å²) in [5, 5.41) is 3.94. The summed E-state index contributed by atoms with van der Waals surface area (Å²) < 4.78 is 0. The molecule has 1 N–H and O–H groups in total. The van der Waals surface area contributed by atoms with Gasteiger partial charge < -0.3 is 5.32 Å². The molecule has 0 aliphatic heterocycles. The number of rotatable bonds is 1. The molecule has 0 saturated carbocycles. The van der Waals surface area contributed by atoms with Gasteiger partial charge in [0.25, 0.3) is 0 Å². The topological polar surface area (TPSA) is 12.0 Å². The molecule has 0 aliphatic carbocycles. The van der Waals surface area contributed by atoms with Crippen LogP contribution >= 0.6 is 24.0 Å². The minimum Gasteiger partial charge on any atom is -0.388 e. The van der Waals surface area contributed by atoms with Crippen molar-refractivity contribution in [1.29, 1.82) is 0 Å². The lowest BCUT2D eigenvalue weighted by Gasteiger charge is -2.08. The largest absolute Gasteiger partial charge is 0.388 e. The second-order valence-corrected chi connectivity index (χ2v) is 3.10. The zero-order valence-corrected chi connectivity index (χ0v) is 9.01. The Labute approximate surface area is 84.5 Å². The maximum atomic E-state index is 5.85. The molecule has 0 aliphatic rings. The van der Waals surface area contributed by atoms with Crippen LogP contribution in [0.25, 0.3) is 0 Å². The molecule has 12 heavy (non-hydrogen) atoms. The van der Waals surface area contributed by atoms with Crippen molar-refractivity contribution < 1.29 is 0 Å². The summed E-state index contributed by atoms with van der Waals surface area (Å²) in [7, 11) is 1.92. The Morgan fingerprint density at radius 2 is 1.58 bits per heavy atom. The number of hydrogen-bond acceptors (Lipinski definition) is 1. The van der Waals surface area contributed by atoms with Gasteiger partial charge in [0.15, 0.2) is 0 Å². The molecule has 1 aromatic carbocycles. The molecule has 68 valence electrons. The first kappa shape index (κ1) is 11.6. The third kappa shape index (κ3) is 2.29. The van der Waals surface area contributed by atoms with E-state index >= 15 is 0 Å². The van der Waals surface area contributed by atoms with Gasteiger partial charge in [0.05, 0.1) is 0 Å². The molecule has 0 bridgehead atoms. The standard InChI is InChI=1S/C9H12ClN.ClH/c1-6-4-8(10)5-7(2)9(6)11-3;/h4-5,11H,1-3H3;1H. The highest BCUT2D eigenvalue weighted by Crippen LogP contribution is 2.23. The van der Waals surface area contributed by atoms with Gasteiger partial charge in [-0.3, -0.25) is 0 Å². The van der Waals surface area contributed by atoms with E-state index in [1.807, 2.05) is 33.0 Å². The first-order valence-corrected chi connectivity index (χ1v) is 3.97. The van der Waals surface area contributed by atoms with E-state index in [2.05, 4.69) is 5.32 Å². The lowest BCUT2D eigenvalue weighted by molar-refractivity contribution is 1.34. The minimum absolute atomic E-state index is 0. The van der Waals surface area contributed by atoms with E-state index in [9.17, 15) is 0 Å². The summed E-state index contributed by atoms with van der Waals surface area (Å²) in [6.45, 7) is 4.09. The van der Waals surface area contributed by atoms with E-state index in [4.69, 9.17) is 11.6 Å². The lowest BCUT2D eigenvalue weighted by atomic mass is 10.1. The molecule has 0 spiro atoms. The van der Waals surface area contributed by atoms with E-state index < -0.39 is 0 Å². The minimum atomic E-state index is 0. The predicted octanol–water partition coefficient (Wildman–Crippen LogP) is 3.42. The molecule has 0 radical (unpaired) electrons. The number of nitrogens with one attached hydrogen (secondary N) is 1. The Kier molecular flexibility index (Phi) is 4.43. The Bertz CT molecular complexity index is 248. The van der Waals surface area contributed by atoms with Crippen molar-refractivity contribution in [2.75, 3.05) is 12.4 Å². The molecule has 0 fully saturated rings. The van der Waals surface area contributed by atoms with Crippen LogP contribution < -0.4 is 5.32 Å². The molecule has 0 amide bonds. The van der Waals surface area contributed by atoms with Crippen LogP contribution in [0.1, 0.15) is 11.1 Å². The molecule has 0 atom stereocenters. The van der Waals surface area contributed by atoms with Gasteiger partial charge in [0.1, 0.15) is 0 Å². The summed E-state index contributed by atoms with van der Waals surface area (Å²) in [5.74, 6) is 0. The fourth-order valence-corrected chi connectivity index (χ4v) is 1.63. The third-order valence-corrected chi connectivity index (χ3v) is 1.97. The molecular formula is C9H13Cl2N. The molecule has 3 heteroatoms. The van der Waals surface area contributed by atoms with Crippen LogP contribution in [0.2, 0.25) is 5.02 Å². The van der Waals surface area contributed by atoms with Gasteiger partial charge in [0, 0.05) is 17.8 Å². The van der Waals surface area contributed by atoms with Gasteiger partial charge in [-0.25, -0.2) is 0 Å². The maximum Gasteiger partial charge on any atom is 0.0412 e. The van der Waals surface area contributed by atoms with Crippen molar-refractivity contribution in [3.63, 3.8) is 0 Å². The highest BCUT2D eigenvalue weighted by atomic mass is 35.5. The van der Waals surface area contributed by atoms with Gasteiger partial charge in [-0.1, -0.05) is 11.6 Å². The fourth-order valence-electron chi connectivity index (χ4n) is 1.31. The predicted molar refractivity (Wildman–Crippen MR) is 57.7 cm³/mol. The number of hydrogen-bond donors (Lipinski definition) is 1. The molecular weight excluding hydrogens is 193 g/mol. The average Bonchev–Trinajstić information content (AvgIpc) is 1.85. The normalized spacial score (nSPS) is 9.00. The quantitative estimate of drug-likeness (QED) is 0.742. The number of aryl methyl sites for hydroxylation is 2. The average molecular weight is 206 g/mol. The zero-order valence-electron chi connectivity index (χ0n) is 7.44. The summed E-state index contributed by atoms with van der Waals surface area (Å²) in [4.78, 5) is 0. The first-order valence-electron chi connectivity index (χ1n) is 3.59. The van der Waals surface area contributed by atoms with E-state index in [0.717, 1.165) is 5.02 Å². The van der Waals surface area contributed by atoms with Gasteiger partial charge in [-0.15, -0.1) is 12.4 Å². The highest BCUT2D eigenvalue weighted by molar-refractivity contribution is 6.30. The van der Waals surface area contributed by atoms with Crippen LogP contribution in [0.4, 0.5) is 5.69 Å². The second-order valence-electron chi connectivity index (χ2n) is 2.66. The molecule has 0 saturated heterocycles. The third-order valence-electron chi connectivity index (χ3n) is 1.75. The summed E-state index contributed by atoms with van der Waals surface area (Å²) in [6.07, 6.45) is 0. The smallest absolute Gasteiger partial charge is 0.0412 e. The Hall–Kier alpha value is -0.400. The summed E-state index contributed by atoms with van der Waals surface area (Å²) >= 11 is 5.85. The van der Waals surface area contributed by atoms with Crippen LogP contribution in [-0.4, -0.2) is 7.05 Å². The Morgan fingerprint density at radius 1 is 1.17 bits per heavy atom. The molecule has 0 aromatic heterocycles. The van der Waals surface area contributed by atoms with Crippen LogP contribution in [0.15, 0.2) is 12.1 Å². The van der Waals surface area contributed by atoms with Crippen molar-refractivity contribution in [2.24, 2.45) is 0 Å². The molecule has 1 aromatic rings. The van der Waals surface area contributed by atoms with Crippen molar-refractivity contribution in [1.82, 2.24) is 0 Å². The van der Waals surface area contributed by atoms with E-state index in [1.54, 1.807) is 0 Å². The lowest BCUT2D eigenvalue weighted by Crippen LogP contribution is -1.94. The van der Waals surface area contributed by atoms with E-state index in [0.29, 0.717) is 0 Å². The van der Waals surface area contributed by atoms with Gasteiger partial charge in [0.2, 0.25) is 0 Å². The SMILES string of the molecule is CNc1c(C)cc(Cl)cc1C.Cl. The van der Waals surface area contributed by atoms with Crippen molar-refractivity contribution >= 4 is 29.7 Å². The fraction of sp³-hybridized carbons (Fsp3) is 0.333. The van der Waals surface area contributed by atoms with Crippen molar-refractivity contribution in [3.05, 3.63) is 28.3 Å². The summed E-state index contributed by atoms with van der Waals surface area (Å²) in [5.41, 5.74) is 3.56. The monoisotopic (exact) mass is 205 g/mol. The van der Waals surface area contributed by atoms with Crippen molar-refractivity contribution in [2.45, 2.75) is 13.8 Å². The van der Waals surface area contributed by atoms with E-state index in [1.165, 1.54) is 16.8 Å². The first-order chi connectivity index (χ1) is 5.15. The molecule has 1 rings (SSSR count). The highest BCUT2D eigenvalue weighted by Gasteiger charge is 2.00. The Balaban J connectivity index is 0.00000121. The van der Waals surface area contributed by atoms with Crippen LogP contribution in [0.3, 0.4) is 0 Å². The van der Waals surface area contributed by atoms with Crippen LogP contribution in [0.5, 0.6) is 0 Å². The van der Waals surface area contributed by atoms with Gasteiger partial charge in [-0.2, -0.15) is 0 Å². The number of halogens is 2. The molecule has 0 unspecified atom stereocenters. The molecule has 0 heterocycles. The summed E-state index contributed by atoms with van der Waals surface area (Å²) in [6, 6.07) is 3.92. The van der Waals surface area contributed by atoms with Crippen molar-refractivity contribution in [3.8, 4) is 0 Å². The van der Waals surface area contributed by atoms with Crippen LogP contribution in [-0.2, 0) is 0 Å². The zero-order chi connectivity index (χ0) is 8.43. The van der Waals surface area contributed by atoms with E-state index in [-0.39, 0.29) is 12.4 Å². The number of anilines is 1. The number of benzene rings is 1. The second kappa shape index (κ2) is 4.58. The maximum absolute atomic E-state index is 5.85. The van der Waals surface area contributed by atoms with Crippen LogP contribution in [0, 0.1) is 13.8 Å². The Morgan fingerprint density at radius 3 is 1.92 bits per heavy atom. The van der Waals surface area contributed by atoms with Gasteiger partial charge >= 0.3 is 0 Å². The molecule has 1 nitrogen and oxygen atoms in total.